The molecule has 0 aromatic heterocycles. The van der Waals surface area contributed by atoms with E-state index in [9.17, 15) is 4.79 Å². The largest absolute Gasteiger partial charge is 0.490 e. The van der Waals surface area contributed by atoms with Crippen molar-refractivity contribution in [2.75, 3.05) is 18.5 Å². The Hall–Kier alpha value is -1.26. The zero-order valence-electron chi connectivity index (χ0n) is 9.16. The average molecular weight is 254 g/mol. The molecule has 1 aromatic rings. The van der Waals surface area contributed by atoms with Crippen LogP contribution in [0, 0.1) is 0 Å². The molecule has 17 heavy (non-hydrogen) atoms. The van der Waals surface area contributed by atoms with E-state index in [1.165, 1.54) is 0 Å². The van der Waals surface area contributed by atoms with Gasteiger partial charge in [-0.25, -0.2) is 0 Å². The van der Waals surface area contributed by atoms with Gasteiger partial charge in [0, 0.05) is 12.0 Å². The number of ether oxygens (including phenoxy) is 2. The minimum Gasteiger partial charge on any atom is -0.490 e. The molecule has 1 amide bonds. The van der Waals surface area contributed by atoms with Crippen LogP contribution in [0.3, 0.4) is 0 Å². The second-order valence-corrected chi connectivity index (χ2v) is 4.62. The van der Waals surface area contributed by atoms with Crippen molar-refractivity contribution in [2.24, 2.45) is 0 Å². The summed E-state index contributed by atoms with van der Waals surface area (Å²) in [7, 11) is 0. The summed E-state index contributed by atoms with van der Waals surface area (Å²) in [5, 5.41) is 3.35. The van der Waals surface area contributed by atoms with Crippen LogP contribution >= 0.6 is 11.6 Å². The van der Waals surface area contributed by atoms with E-state index in [0.29, 0.717) is 30.2 Å². The Kier molecular flexibility index (Phi) is 2.68. The quantitative estimate of drug-likeness (QED) is 0.839. The summed E-state index contributed by atoms with van der Waals surface area (Å²) in [5.41, 5.74) is 1.68. The molecule has 0 aliphatic carbocycles. The molecule has 1 saturated heterocycles. The van der Waals surface area contributed by atoms with Crippen LogP contribution in [0.25, 0.3) is 0 Å². The van der Waals surface area contributed by atoms with Crippen molar-refractivity contribution in [3.8, 4) is 5.75 Å². The summed E-state index contributed by atoms with van der Waals surface area (Å²) >= 11 is 6.06. The first kappa shape index (κ1) is 10.9. The van der Waals surface area contributed by atoms with Gasteiger partial charge in [-0.1, -0.05) is 11.6 Å². The maximum atomic E-state index is 11.3. The maximum Gasteiger partial charge on any atom is 0.224 e. The highest BCUT2D eigenvalue weighted by Crippen LogP contribution is 2.37. The van der Waals surface area contributed by atoms with Crippen molar-refractivity contribution in [3.05, 3.63) is 22.7 Å². The Morgan fingerprint density at radius 2 is 2.29 bits per heavy atom. The van der Waals surface area contributed by atoms with E-state index in [-0.39, 0.29) is 12.0 Å². The van der Waals surface area contributed by atoms with Crippen molar-refractivity contribution < 1.29 is 14.3 Å². The Balaban J connectivity index is 1.87. The van der Waals surface area contributed by atoms with Gasteiger partial charge in [0.05, 0.1) is 17.3 Å². The van der Waals surface area contributed by atoms with E-state index in [1.54, 1.807) is 6.07 Å². The zero-order chi connectivity index (χ0) is 11.8. The summed E-state index contributed by atoms with van der Waals surface area (Å²) in [6, 6.07) is 3.59. The molecule has 2 heterocycles. The number of carbonyl (C=O) groups excluding carboxylic acids is 1. The number of carbonyl (C=O) groups is 1. The monoisotopic (exact) mass is 253 g/mol. The summed E-state index contributed by atoms with van der Waals surface area (Å²) in [5.74, 6) is 0.793. The summed E-state index contributed by atoms with van der Waals surface area (Å²) in [6.07, 6.45) is 1.37. The van der Waals surface area contributed by atoms with Gasteiger partial charge in [-0.15, -0.1) is 0 Å². The van der Waals surface area contributed by atoms with Crippen molar-refractivity contribution in [1.82, 2.24) is 0 Å². The molecule has 2 aliphatic heterocycles. The van der Waals surface area contributed by atoms with E-state index in [2.05, 4.69) is 5.32 Å². The first-order valence-electron chi connectivity index (χ1n) is 5.59. The van der Waals surface area contributed by atoms with Crippen LogP contribution in [0.4, 0.5) is 5.69 Å². The molecule has 0 bridgehead atoms. The molecule has 5 heteroatoms. The fourth-order valence-corrected chi connectivity index (χ4v) is 2.13. The first-order valence-corrected chi connectivity index (χ1v) is 5.97. The molecule has 0 spiro atoms. The number of hydrogen-bond acceptors (Lipinski definition) is 3. The lowest BCUT2D eigenvalue weighted by Gasteiger charge is -2.21. The van der Waals surface area contributed by atoms with Crippen LogP contribution in [-0.4, -0.2) is 25.2 Å². The lowest BCUT2D eigenvalue weighted by Crippen LogP contribution is -2.20. The molecule has 0 radical (unpaired) electrons. The van der Waals surface area contributed by atoms with Gasteiger partial charge < -0.3 is 14.8 Å². The molecule has 1 fully saturated rings. The van der Waals surface area contributed by atoms with E-state index < -0.39 is 0 Å². The van der Waals surface area contributed by atoms with E-state index >= 15 is 0 Å². The molecule has 90 valence electrons. The topological polar surface area (TPSA) is 50.9 Å². The number of fused-ring (bicyclic) bond motifs is 1. The lowest BCUT2D eigenvalue weighted by molar-refractivity contribution is -0.116. The van der Waals surface area contributed by atoms with Gasteiger partial charge in [-0.05, 0) is 18.6 Å². The van der Waals surface area contributed by atoms with Gasteiger partial charge in [-0.3, -0.25) is 4.79 Å². The molecular weight excluding hydrogens is 242 g/mol. The third kappa shape index (κ3) is 2.23. The molecule has 1 N–H and O–H groups in total. The highest BCUT2D eigenvalue weighted by atomic mass is 35.5. The number of rotatable bonds is 3. The summed E-state index contributed by atoms with van der Waals surface area (Å²) < 4.78 is 10.8. The van der Waals surface area contributed by atoms with E-state index in [0.717, 1.165) is 17.9 Å². The standard InChI is InChI=1S/C12H12ClNO3/c13-9-2-3-10(17-6-7-5-16-7)8-1-4-11(15)14-12(8)9/h2-3,7H,1,4-6H2,(H,14,15). The predicted octanol–water partition coefficient (Wildman–Crippen LogP) is 2.00. The molecule has 0 saturated carbocycles. The van der Waals surface area contributed by atoms with Crippen molar-refractivity contribution >= 4 is 23.2 Å². The molecule has 4 nitrogen and oxygen atoms in total. The van der Waals surface area contributed by atoms with Crippen LogP contribution in [0.5, 0.6) is 5.75 Å². The summed E-state index contributed by atoms with van der Waals surface area (Å²) in [4.78, 5) is 11.3. The maximum absolute atomic E-state index is 11.3. The molecule has 2 aliphatic rings. The minimum absolute atomic E-state index is 0.00192. The summed E-state index contributed by atoms with van der Waals surface area (Å²) in [6.45, 7) is 1.33. The molecule has 3 rings (SSSR count). The number of nitrogens with one attached hydrogen (secondary N) is 1. The van der Waals surface area contributed by atoms with Gasteiger partial charge >= 0.3 is 0 Å². The van der Waals surface area contributed by atoms with Gasteiger partial charge in [0.2, 0.25) is 5.91 Å². The fraction of sp³-hybridized carbons (Fsp3) is 0.417. The smallest absolute Gasteiger partial charge is 0.224 e. The predicted molar refractivity (Wildman–Crippen MR) is 63.6 cm³/mol. The van der Waals surface area contributed by atoms with Crippen LogP contribution in [0.1, 0.15) is 12.0 Å². The third-order valence-electron chi connectivity index (χ3n) is 2.91. The van der Waals surface area contributed by atoms with Crippen molar-refractivity contribution in [1.29, 1.82) is 0 Å². The van der Waals surface area contributed by atoms with Crippen LogP contribution in [0.15, 0.2) is 12.1 Å². The molecule has 1 aromatic carbocycles. The molecule has 1 atom stereocenters. The zero-order valence-corrected chi connectivity index (χ0v) is 9.92. The highest BCUT2D eigenvalue weighted by Gasteiger charge is 2.25. The van der Waals surface area contributed by atoms with Gasteiger partial charge in [0.1, 0.15) is 18.5 Å². The number of amides is 1. The third-order valence-corrected chi connectivity index (χ3v) is 3.23. The number of halogens is 1. The van der Waals surface area contributed by atoms with E-state index in [4.69, 9.17) is 21.1 Å². The SMILES string of the molecule is O=C1CCc2c(OCC3CO3)ccc(Cl)c2N1. The molecular formula is C12H12ClNO3. The minimum atomic E-state index is 0.00192. The number of anilines is 1. The Labute approximate surface area is 104 Å². The highest BCUT2D eigenvalue weighted by molar-refractivity contribution is 6.34. The van der Waals surface area contributed by atoms with Gasteiger partial charge in [-0.2, -0.15) is 0 Å². The number of benzene rings is 1. The fourth-order valence-electron chi connectivity index (χ4n) is 1.91. The first-order chi connectivity index (χ1) is 8.24. The van der Waals surface area contributed by atoms with Crippen LogP contribution in [-0.2, 0) is 16.0 Å². The second-order valence-electron chi connectivity index (χ2n) is 4.21. The van der Waals surface area contributed by atoms with Gasteiger partial charge in [0.15, 0.2) is 0 Å². The van der Waals surface area contributed by atoms with Crippen molar-refractivity contribution in [3.63, 3.8) is 0 Å². The molecule has 1 unspecified atom stereocenters. The van der Waals surface area contributed by atoms with Crippen LogP contribution in [0.2, 0.25) is 5.02 Å². The van der Waals surface area contributed by atoms with Crippen LogP contribution < -0.4 is 10.1 Å². The second kappa shape index (κ2) is 4.20. The van der Waals surface area contributed by atoms with E-state index in [1.807, 2.05) is 6.07 Å². The van der Waals surface area contributed by atoms with Gasteiger partial charge in [0.25, 0.3) is 0 Å². The normalized spacial score (nSPS) is 21.7. The Morgan fingerprint density at radius 3 is 3.06 bits per heavy atom. The van der Waals surface area contributed by atoms with Crippen molar-refractivity contribution in [2.45, 2.75) is 18.9 Å². The lowest BCUT2D eigenvalue weighted by atomic mass is 10.0. The average Bonchev–Trinajstić information content (AvgIpc) is 3.13. The Morgan fingerprint density at radius 1 is 1.47 bits per heavy atom. The number of epoxide rings is 1. The number of hydrogen-bond donors (Lipinski definition) is 1. The Bertz CT molecular complexity index is 471.